The highest BCUT2D eigenvalue weighted by Gasteiger charge is 2.20. The molecule has 5 heteroatoms. The number of nitrogens with two attached hydrogens (primary N) is 1. The molecule has 0 fully saturated rings. The largest absolute Gasteiger partial charge is 0.398 e. The lowest BCUT2D eigenvalue weighted by molar-refractivity contribution is 0.596. The smallest absolute Gasteiger partial charge is 0.208 e. The molecule has 0 saturated carbocycles. The van der Waals surface area contributed by atoms with Gasteiger partial charge in [-0.3, -0.25) is 0 Å². The van der Waals surface area contributed by atoms with E-state index in [9.17, 15) is 8.42 Å². The molecule has 2 N–H and O–H groups in total. The van der Waals surface area contributed by atoms with Crippen LogP contribution < -0.4 is 5.73 Å². The monoisotopic (exact) mass is 311 g/mol. The third-order valence-electron chi connectivity index (χ3n) is 2.32. The molecule has 0 aliphatic heterocycles. The molecular formula is C12H10BrNO2S. The Labute approximate surface area is 108 Å². The van der Waals surface area contributed by atoms with Crippen LogP contribution in [-0.4, -0.2) is 8.42 Å². The molecule has 0 radical (unpaired) electrons. The Morgan fingerprint density at radius 1 is 1.00 bits per heavy atom. The zero-order valence-electron chi connectivity index (χ0n) is 8.80. The van der Waals surface area contributed by atoms with Crippen molar-refractivity contribution in [1.82, 2.24) is 0 Å². The van der Waals surface area contributed by atoms with Crippen LogP contribution in [0.1, 0.15) is 0 Å². The number of hydrogen-bond donors (Lipinski definition) is 1. The van der Waals surface area contributed by atoms with Gasteiger partial charge in [0.2, 0.25) is 9.84 Å². The van der Waals surface area contributed by atoms with Crippen molar-refractivity contribution in [3.63, 3.8) is 0 Å². The summed E-state index contributed by atoms with van der Waals surface area (Å²) in [6.07, 6.45) is 0. The second kappa shape index (κ2) is 4.50. The number of halogens is 1. The lowest BCUT2D eigenvalue weighted by Crippen LogP contribution is -2.05. The molecule has 0 heterocycles. The van der Waals surface area contributed by atoms with Gasteiger partial charge in [0.05, 0.1) is 15.5 Å². The van der Waals surface area contributed by atoms with Gasteiger partial charge in [-0.15, -0.1) is 0 Å². The molecule has 3 nitrogen and oxygen atoms in total. The summed E-state index contributed by atoms with van der Waals surface area (Å²) in [4.78, 5) is 0.364. The highest BCUT2D eigenvalue weighted by atomic mass is 79.9. The number of rotatable bonds is 2. The number of sulfone groups is 1. The molecule has 17 heavy (non-hydrogen) atoms. The molecule has 2 rings (SSSR count). The van der Waals surface area contributed by atoms with Crippen LogP contribution in [0.4, 0.5) is 5.69 Å². The Kier molecular flexibility index (Phi) is 3.22. The maximum absolute atomic E-state index is 12.3. The summed E-state index contributed by atoms with van der Waals surface area (Å²) in [5, 5.41) is 0. The SMILES string of the molecule is Nc1ccc(Br)cc1S(=O)(=O)c1ccccc1. The average Bonchev–Trinajstić information content (AvgIpc) is 2.33. The van der Waals surface area contributed by atoms with Gasteiger partial charge in [-0.2, -0.15) is 0 Å². The van der Waals surface area contributed by atoms with Crippen LogP contribution in [0.25, 0.3) is 0 Å². The first-order valence-corrected chi connectivity index (χ1v) is 7.14. The number of benzene rings is 2. The Morgan fingerprint density at radius 2 is 1.65 bits per heavy atom. The molecule has 0 amide bonds. The number of hydrogen-bond acceptors (Lipinski definition) is 3. The summed E-state index contributed by atoms with van der Waals surface area (Å²) < 4.78 is 25.3. The third-order valence-corrected chi connectivity index (χ3v) is 4.64. The third kappa shape index (κ3) is 2.35. The lowest BCUT2D eigenvalue weighted by Gasteiger charge is -2.07. The van der Waals surface area contributed by atoms with Crippen molar-refractivity contribution in [1.29, 1.82) is 0 Å². The fraction of sp³-hybridized carbons (Fsp3) is 0. The predicted molar refractivity (Wildman–Crippen MR) is 70.4 cm³/mol. The van der Waals surface area contributed by atoms with Gasteiger partial charge >= 0.3 is 0 Å². The summed E-state index contributed by atoms with van der Waals surface area (Å²) in [5.41, 5.74) is 5.96. The topological polar surface area (TPSA) is 60.2 Å². The molecule has 0 atom stereocenters. The second-order valence-corrected chi connectivity index (χ2v) is 6.33. The molecule has 2 aromatic carbocycles. The maximum Gasteiger partial charge on any atom is 0.208 e. The Balaban J connectivity index is 2.64. The van der Waals surface area contributed by atoms with Gasteiger partial charge in [0.1, 0.15) is 0 Å². The zero-order valence-corrected chi connectivity index (χ0v) is 11.2. The summed E-state index contributed by atoms with van der Waals surface area (Å²) in [6, 6.07) is 13.0. The first-order chi connectivity index (χ1) is 8.01. The molecule has 0 aliphatic rings. The van der Waals surface area contributed by atoms with Crippen molar-refractivity contribution < 1.29 is 8.42 Å². The molecule has 0 aliphatic carbocycles. The van der Waals surface area contributed by atoms with Crippen LogP contribution in [0.3, 0.4) is 0 Å². The lowest BCUT2D eigenvalue weighted by atomic mass is 10.3. The van der Waals surface area contributed by atoms with E-state index < -0.39 is 9.84 Å². The predicted octanol–water partition coefficient (Wildman–Crippen LogP) is 2.86. The van der Waals surface area contributed by atoms with Crippen LogP contribution in [0, 0.1) is 0 Å². The summed E-state index contributed by atoms with van der Waals surface area (Å²) in [5.74, 6) is 0. The van der Waals surface area contributed by atoms with E-state index in [-0.39, 0.29) is 15.5 Å². The van der Waals surface area contributed by atoms with Crippen molar-refractivity contribution in [3.05, 3.63) is 53.0 Å². The highest BCUT2D eigenvalue weighted by Crippen LogP contribution is 2.28. The molecule has 0 saturated heterocycles. The van der Waals surface area contributed by atoms with Crippen LogP contribution in [0.15, 0.2) is 62.8 Å². The van der Waals surface area contributed by atoms with Gasteiger partial charge < -0.3 is 5.73 Å². The second-order valence-electron chi connectivity index (χ2n) is 3.50. The van der Waals surface area contributed by atoms with E-state index in [1.165, 1.54) is 6.07 Å². The molecule has 0 unspecified atom stereocenters. The van der Waals surface area contributed by atoms with E-state index in [0.717, 1.165) is 0 Å². The minimum absolute atomic E-state index is 0.123. The van der Waals surface area contributed by atoms with E-state index in [4.69, 9.17) is 5.73 Å². The Morgan fingerprint density at radius 3 is 2.29 bits per heavy atom. The van der Waals surface area contributed by atoms with Gasteiger partial charge in [0, 0.05) is 4.47 Å². The fourth-order valence-corrected chi connectivity index (χ4v) is 3.41. The summed E-state index contributed by atoms with van der Waals surface area (Å²) >= 11 is 3.24. The Bertz CT molecular complexity index is 639. The van der Waals surface area contributed by atoms with Crippen molar-refractivity contribution in [2.75, 3.05) is 5.73 Å². The first kappa shape index (κ1) is 12.1. The van der Waals surface area contributed by atoms with Crippen molar-refractivity contribution in [2.24, 2.45) is 0 Å². The van der Waals surface area contributed by atoms with Crippen LogP contribution >= 0.6 is 15.9 Å². The number of nitrogen functional groups attached to an aromatic ring is 1. The van der Waals surface area contributed by atoms with Crippen molar-refractivity contribution in [3.8, 4) is 0 Å². The maximum atomic E-state index is 12.3. The van der Waals surface area contributed by atoms with E-state index in [1.54, 1.807) is 42.5 Å². The molecule has 0 bridgehead atoms. The quantitative estimate of drug-likeness (QED) is 0.868. The molecular weight excluding hydrogens is 302 g/mol. The fourth-order valence-electron chi connectivity index (χ4n) is 1.47. The zero-order chi connectivity index (χ0) is 12.5. The van der Waals surface area contributed by atoms with Gasteiger partial charge in [0.25, 0.3) is 0 Å². The van der Waals surface area contributed by atoms with E-state index in [0.29, 0.717) is 4.47 Å². The first-order valence-electron chi connectivity index (χ1n) is 4.87. The molecule has 2 aromatic rings. The summed E-state index contributed by atoms with van der Waals surface area (Å²) in [7, 11) is -3.55. The van der Waals surface area contributed by atoms with Crippen LogP contribution in [-0.2, 0) is 9.84 Å². The van der Waals surface area contributed by atoms with Gasteiger partial charge in [0.15, 0.2) is 0 Å². The average molecular weight is 312 g/mol. The van der Waals surface area contributed by atoms with Crippen molar-refractivity contribution in [2.45, 2.75) is 9.79 Å². The molecule has 0 aromatic heterocycles. The van der Waals surface area contributed by atoms with Gasteiger partial charge in [-0.05, 0) is 30.3 Å². The molecule has 0 spiro atoms. The highest BCUT2D eigenvalue weighted by molar-refractivity contribution is 9.10. The van der Waals surface area contributed by atoms with Gasteiger partial charge in [-0.1, -0.05) is 34.1 Å². The van der Waals surface area contributed by atoms with E-state index >= 15 is 0 Å². The number of anilines is 1. The molecule has 88 valence electrons. The minimum atomic E-state index is -3.55. The van der Waals surface area contributed by atoms with Gasteiger partial charge in [-0.25, -0.2) is 8.42 Å². The van der Waals surface area contributed by atoms with Crippen LogP contribution in [0.2, 0.25) is 0 Å². The van der Waals surface area contributed by atoms with E-state index in [1.807, 2.05) is 0 Å². The van der Waals surface area contributed by atoms with E-state index in [2.05, 4.69) is 15.9 Å². The normalized spacial score (nSPS) is 11.4. The van der Waals surface area contributed by atoms with Crippen molar-refractivity contribution >= 4 is 31.5 Å². The summed E-state index contributed by atoms with van der Waals surface area (Å²) in [6.45, 7) is 0. The van der Waals surface area contributed by atoms with Crippen LogP contribution in [0.5, 0.6) is 0 Å². The minimum Gasteiger partial charge on any atom is -0.398 e. The Hall–Kier alpha value is -1.33. The standard InChI is InChI=1S/C12H10BrNO2S/c13-9-6-7-11(14)12(8-9)17(15,16)10-4-2-1-3-5-10/h1-8H,14H2.